The lowest BCUT2D eigenvalue weighted by Gasteiger charge is -2.17. The molecule has 3 aromatic rings. The Balaban J connectivity index is 1.59. The Labute approximate surface area is 166 Å². The Morgan fingerprint density at radius 2 is 2.00 bits per heavy atom. The summed E-state index contributed by atoms with van der Waals surface area (Å²) in [5, 5.41) is 13.9. The summed E-state index contributed by atoms with van der Waals surface area (Å²) >= 11 is 3.06. The molecule has 2 atom stereocenters. The maximum Gasteiger partial charge on any atom is 0.233 e. The van der Waals surface area contributed by atoms with E-state index < -0.39 is 0 Å². The molecule has 1 N–H and O–H groups in total. The van der Waals surface area contributed by atoms with Gasteiger partial charge in [-0.3, -0.25) is 4.79 Å². The number of nitrogens with one attached hydrogen (secondary N) is 1. The van der Waals surface area contributed by atoms with Crippen molar-refractivity contribution in [1.29, 1.82) is 0 Å². The summed E-state index contributed by atoms with van der Waals surface area (Å²) in [6.45, 7) is 3.72. The number of benzene rings is 1. The van der Waals surface area contributed by atoms with Crippen LogP contribution in [0.1, 0.15) is 36.2 Å². The normalized spacial score (nSPS) is 13.3. The molecule has 0 fully saturated rings. The first-order valence-corrected chi connectivity index (χ1v) is 10.3. The highest BCUT2D eigenvalue weighted by molar-refractivity contribution is 8.00. The zero-order chi connectivity index (χ0) is 19.4. The van der Waals surface area contributed by atoms with Gasteiger partial charge in [0.2, 0.25) is 5.91 Å². The molecule has 0 radical (unpaired) electrons. The average molecular weight is 405 g/mol. The number of rotatable bonds is 7. The van der Waals surface area contributed by atoms with Gasteiger partial charge < -0.3 is 9.88 Å². The molecule has 3 rings (SSSR count). The average Bonchev–Trinajstić information content (AvgIpc) is 3.27. The largest absolute Gasteiger partial charge is 0.349 e. The van der Waals surface area contributed by atoms with Crippen molar-refractivity contribution in [3.05, 3.63) is 63.9 Å². The van der Waals surface area contributed by atoms with Gasteiger partial charge >= 0.3 is 0 Å². The van der Waals surface area contributed by atoms with Gasteiger partial charge in [0, 0.05) is 18.3 Å². The summed E-state index contributed by atoms with van der Waals surface area (Å²) in [5.41, 5.74) is 0.860. The predicted octanol–water partition coefficient (Wildman–Crippen LogP) is 3.96. The summed E-state index contributed by atoms with van der Waals surface area (Å²) in [4.78, 5) is 13.7. The van der Waals surface area contributed by atoms with Crippen LogP contribution in [-0.2, 0) is 18.3 Å². The molecule has 27 heavy (non-hydrogen) atoms. The van der Waals surface area contributed by atoms with Gasteiger partial charge in [-0.25, -0.2) is 4.39 Å². The molecule has 8 heteroatoms. The summed E-state index contributed by atoms with van der Waals surface area (Å²) in [5.74, 6) is 0.480. The lowest BCUT2D eigenvalue weighted by Crippen LogP contribution is -2.33. The van der Waals surface area contributed by atoms with Gasteiger partial charge in [0.15, 0.2) is 5.16 Å². The number of thioether (sulfide) groups is 1. The minimum absolute atomic E-state index is 0.0976. The quantitative estimate of drug-likeness (QED) is 0.606. The number of nitrogens with zero attached hydrogens (tertiary/aromatic N) is 3. The lowest BCUT2D eigenvalue weighted by atomic mass is 10.1. The Morgan fingerprint density at radius 1 is 1.26 bits per heavy atom. The highest BCUT2D eigenvalue weighted by Crippen LogP contribution is 2.24. The van der Waals surface area contributed by atoms with Crippen LogP contribution in [0.15, 0.2) is 46.9 Å². The number of hydrogen-bond donors (Lipinski definition) is 1. The molecule has 5 nitrogen and oxygen atoms in total. The van der Waals surface area contributed by atoms with Gasteiger partial charge in [0.05, 0.1) is 11.3 Å². The maximum absolute atomic E-state index is 13.0. The summed E-state index contributed by atoms with van der Waals surface area (Å²) in [6.07, 6.45) is 0.726. The van der Waals surface area contributed by atoms with Crippen LogP contribution in [0.3, 0.4) is 0 Å². The molecule has 142 valence electrons. The van der Waals surface area contributed by atoms with Crippen LogP contribution in [0.2, 0.25) is 0 Å². The van der Waals surface area contributed by atoms with Gasteiger partial charge in [0.1, 0.15) is 11.6 Å². The summed E-state index contributed by atoms with van der Waals surface area (Å²) in [6, 6.07) is 10.0. The van der Waals surface area contributed by atoms with Crippen LogP contribution in [0.5, 0.6) is 0 Å². The van der Waals surface area contributed by atoms with Crippen LogP contribution in [0.25, 0.3) is 0 Å². The van der Waals surface area contributed by atoms with E-state index in [4.69, 9.17) is 0 Å². The molecule has 0 aliphatic carbocycles. The molecule has 0 saturated heterocycles. The van der Waals surface area contributed by atoms with E-state index in [2.05, 4.69) is 21.6 Å². The number of aromatic nitrogens is 3. The van der Waals surface area contributed by atoms with Crippen molar-refractivity contribution in [3.63, 3.8) is 0 Å². The fraction of sp³-hybridized carbons (Fsp3) is 0.316. The lowest BCUT2D eigenvalue weighted by molar-refractivity contribution is -0.120. The van der Waals surface area contributed by atoms with E-state index in [1.54, 1.807) is 23.5 Å². The van der Waals surface area contributed by atoms with Gasteiger partial charge in [-0.05, 0) is 43.0 Å². The Morgan fingerprint density at radius 3 is 2.67 bits per heavy atom. The predicted molar refractivity (Wildman–Crippen MR) is 106 cm³/mol. The molecule has 0 aliphatic heterocycles. The van der Waals surface area contributed by atoms with Gasteiger partial charge in [0.25, 0.3) is 0 Å². The van der Waals surface area contributed by atoms with Crippen molar-refractivity contribution in [2.45, 2.75) is 36.7 Å². The molecule has 1 aromatic carbocycles. The molecule has 0 aliphatic rings. The monoisotopic (exact) mass is 404 g/mol. The summed E-state index contributed by atoms with van der Waals surface area (Å²) < 4.78 is 15.0. The highest BCUT2D eigenvalue weighted by atomic mass is 32.2. The molecule has 0 saturated carbocycles. The number of amides is 1. The number of carbonyl (C=O) groups excluding carboxylic acids is 1. The van der Waals surface area contributed by atoms with Gasteiger partial charge in [-0.2, -0.15) is 0 Å². The maximum atomic E-state index is 13.0. The minimum atomic E-state index is -0.328. The van der Waals surface area contributed by atoms with Crippen LogP contribution in [-0.4, -0.2) is 25.9 Å². The standard InChI is InChI=1S/C19H21FN4OS2/c1-12(14-6-8-15(20)9-7-14)21-18(25)13(2)27-19-23-22-17(24(19)3)11-16-5-4-10-26-16/h4-10,12-13H,11H2,1-3H3,(H,21,25)/t12-,13+/m1/s1. The smallest absolute Gasteiger partial charge is 0.233 e. The van der Waals surface area contributed by atoms with Gasteiger partial charge in [-0.15, -0.1) is 21.5 Å². The molecule has 0 unspecified atom stereocenters. The van der Waals surface area contributed by atoms with Crippen LogP contribution < -0.4 is 5.32 Å². The number of thiophene rings is 1. The SMILES string of the molecule is C[C@H](Sc1nnc(Cc2cccs2)n1C)C(=O)N[C@H](C)c1ccc(F)cc1. The van der Waals surface area contributed by atoms with Crippen molar-refractivity contribution >= 4 is 29.0 Å². The van der Waals surface area contributed by atoms with Crippen LogP contribution in [0.4, 0.5) is 4.39 Å². The molecule has 2 aromatic heterocycles. The van der Waals surface area contributed by atoms with E-state index >= 15 is 0 Å². The first-order valence-electron chi connectivity index (χ1n) is 8.57. The fourth-order valence-electron chi connectivity index (χ4n) is 2.55. The molecule has 0 bridgehead atoms. The van der Waals surface area contributed by atoms with Crippen molar-refractivity contribution in [1.82, 2.24) is 20.1 Å². The molecule has 1 amide bonds. The topological polar surface area (TPSA) is 59.8 Å². The van der Waals surface area contributed by atoms with Crippen molar-refractivity contribution in [3.8, 4) is 0 Å². The molecular formula is C19H21FN4OS2. The van der Waals surface area contributed by atoms with E-state index in [-0.39, 0.29) is 23.0 Å². The van der Waals surface area contributed by atoms with E-state index in [0.717, 1.165) is 17.8 Å². The first kappa shape index (κ1) is 19.6. The van der Waals surface area contributed by atoms with E-state index in [9.17, 15) is 9.18 Å². The molecular weight excluding hydrogens is 383 g/mol. The van der Waals surface area contributed by atoms with Crippen molar-refractivity contribution < 1.29 is 9.18 Å². The second-order valence-corrected chi connectivity index (χ2v) is 8.60. The second kappa shape index (κ2) is 8.67. The Hall–Kier alpha value is -2.19. The Bertz CT molecular complexity index is 893. The van der Waals surface area contributed by atoms with Crippen LogP contribution >= 0.6 is 23.1 Å². The molecule has 0 spiro atoms. The fourth-order valence-corrected chi connectivity index (χ4v) is 4.09. The number of carbonyl (C=O) groups is 1. The van der Waals surface area contributed by atoms with E-state index in [1.807, 2.05) is 36.9 Å². The third kappa shape index (κ3) is 4.95. The second-order valence-electron chi connectivity index (χ2n) is 6.26. The third-order valence-electron chi connectivity index (χ3n) is 4.22. The number of hydrogen-bond acceptors (Lipinski definition) is 5. The summed E-state index contributed by atoms with van der Waals surface area (Å²) in [7, 11) is 1.91. The van der Waals surface area contributed by atoms with Crippen molar-refractivity contribution in [2.75, 3.05) is 0 Å². The zero-order valence-electron chi connectivity index (χ0n) is 15.3. The Kier molecular flexibility index (Phi) is 6.28. The van der Waals surface area contributed by atoms with Gasteiger partial charge in [-0.1, -0.05) is 30.0 Å². The zero-order valence-corrected chi connectivity index (χ0v) is 17.0. The van der Waals surface area contributed by atoms with Crippen molar-refractivity contribution in [2.24, 2.45) is 7.05 Å². The van der Waals surface area contributed by atoms with Crippen LogP contribution in [0, 0.1) is 5.82 Å². The molecule has 2 heterocycles. The first-order chi connectivity index (χ1) is 12.9. The number of halogens is 1. The minimum Gasteiger partial charge on any atom is -0.349 e. The third-order valence-corrected chi connectivity index (χ3v) is 6.23. The van der Waals surface area contributed by atoms with E-state index in [0.29, 0.717) is 5.16 Å². The highest BCUT2D eigenvalue weighted by Gasteiger charge is 2.20. The van der Waals surface area contributed by atoms with E-state index in [1.165, 1.54) is 28.8 Å².